The molecule has 0 aromatic heterocycles. The Hall–Kier alpha value is -0.0800. The lowest BCUT2D eigenvalue weighted by Gasteiger charge is -2.62. The van der Waals surface area contributed by atoms with Crippen molar-refractivity contribution >= 4 is 0 Å². The van der Waals surface area contributed by atoms with Crippen molar-refractivity contribution in [1.29, 1.82) is 0 Å². The quantitative estimate of drug-likeness (QED) is 0.650. The highest BCUT2D eigenvalue weighted by atomic mass is 16.3. The molecule has 27 heavy (non-hydrogen) atoms. The third-order valence-electron chi connectivity index (χ3n) is 10.4. The SMILES string of the molecule is CCCC[C@@H](C)C1CCC2C3C(O)C[C@@H]4C[C@H](O)CC[C@]4(C)C3CC[C@@]21C. The number of aliphatic hydroxyl groups excluding tert-OH is 2. The van der Waals surface area contributed by atoms with Gasteiger partial charge in [-0.3, -0.25) is 0 Å². The van der Waals surface area contributed by atoms with Gasteiger partial charge in [0.15, 0.2) is 0 Å². The van der Waals surface area contributed by atoms with E-state index >= 15 is 0 Å². The van der Waals surface area contributed by atoms with E-state index in [1.165, 1.54) is 51.4 Å². The van der Waals surface area contributed by atoms with Crippen molar-refractivity contribution in [3.05, 3.63) is 0 Å². The van der Waals surface area contributed by atoms with Gasteiger partial charge < -0.3 is 10.2 Å². The number of hydrogen-bond acceptors (Lipinski definition) is 2. The molecule has 2 heteroatoms. The Kier molecular flexibility index (Phi) is 5.47. The van der Waals surface area contributed by atoms with Gasteiger partial charge in [-0.2, -0.15) is 0 Å². The second-order valence-corrected chi connectivity index (χ2v) is 11.6. The van der Waals surface area contributed by atoms with Crippen LogP contribution in [0.25, 0.3) is 0 Å². The summed E-state index contributed by atoms with van der Waals surface area (Å²) >= 11 is 0. The van der Waals surface area contributed by atoms with E-state index in [1.807, 2.05) is 0 Å². The molecule has 0 aliphatic heterocycles. The first-order valence-electron chi connectivity index (χ1n) is 12.2. The van der Waals surface area contributed by atoms with E-state index in [0.717, 1.165) is 37.0 Å². The molecular formula is C25H44O2. The van der Waals surface area contributed by atoms with E-state index in [1.54, 1.807) is 0 Å². The highest BCUT2D eigenvalue weighted by Gasteiger charge is 2.62. The lowest BCUT2D eigenvalue weighted by molar-refractivity contribution is -0.174. The zero-order chi connectivity index (χ0) is 19.4. The Morgan fingerprint density at radius 2 is 1.63 bits per heavy atom. The predicted molar refractivity (Wildman–Crippen MR) is 111 cm³/mol. The van der Waals surface area contributed by atoms with Crippen LogP contribution in [0.2, 0.25) is 0 Å². The van der Waals surface area contributed by atoms with E-state index in [0.29, 0.717) is 28.6 Å². The van der Waals surface area contributed by atoms with Crippen molar-refractivity contribution in [2.45, 2.75) is 111 Å². The Morgan fingerprint density at radius 3 is 2.37 bits per heavy atom. The van der Waals surface area contributed by atoms with Crippen LogP contribution >= 0.6 is 0 Å². The van der Waals surface area contributed by atoms with E-state index in [-0.39, 0.29) is 12.2 Å². The van der Waals surface area contributed by atoms with Gasteiger partial charge in [0.2, 0.25) is 0 Å². The topological polar surface area (TPSA) is 40.5 Å². The van der Waals surface area contributed by atoms with Crippen molar-refractivity contribution in [3.8, 4) is 0 Å². The summed E-state index contributed by atoms with van der Waals surface area (Å²) in [4.78, 5) is 0. The highest BCUT2D eigenvalue weighted by molar-refractivity contribution is 5.11. The van der Waals surface area contributed by atoms with Gasteiger partial charge in [-0.15, -0.1) is 0 Å². The molecule has 0 aromatic carbocycles. The van der Waals surface area contributed by atoms with Crippen LogP contribution in [0.15, 0.2) is 0 Å². The molecule has 4 aliphatic carbocycles. The van der Waals surface area contributed by atoms with Crippen molar-refractivity contribution in [1.82, 2.24) is 0 Å². The summed E-state index contributed by atoms with van der Waals surface area (Å²) in [6.07, 6.45) is 13.2. The van der Waals surface area contributed by atoms with Crippen LogP contribution in [-0.4, -0.2) is 22.4 Å². The first-order valence-corrected chi connectivity index (χ1v) is 12.2. The van der Waals surface area contributed by atoms with Crippen LogP contribution in [0, 0.1) is 46.3 Å². The standard InChI is InChI=1S/C25H44O2/c1-5-6-7-16(2)19-8-9-20-23-21(11-13-25(19,20)4)24(3)12-10-18(26)14-17(24)15-22(23)27/h16-23,26-27H,5-15H2,1-4H3/t16-,17+,18-,19?,20?,21?,22?,23?,24+,25-/m1/s1. The van der Waals surface area contributed by atoms with Crippen LogP contribution in [0.3, 0.4) is 0 Å². The normalized spacial score (nSPS) is 53.3. The minimum atomic E-state index is -0.132. The maximum atomic E-state index is 11.3. The molecule has 4 rings (SSSR count). The molecule has 0 amide bonds. The van der Waals surface area contributed by atoms with E-state index in [4.69, 9.17) is 0 Å². The van der Waals surface area contributed by atoms with Crippen LogP contribution in [-0.2, 0) is 0 Å². The molecule has 4 aliphatic rings. The fraction of sp³-hybridized carbons (Fsp3) is 1.00. The molecule has 0 heterocycles. The molecule has 0 saturated heterocycles. The van der Waals surface area contributed by atoms with Crippen LogP contribution < -0.4 is 0 Å². The number of unbranched alkanes of at least 4 members (excludes halogenated alkanes) is 1. The van der Waals surface area contributed by atoms with Gasteiger partial charge in [0, 0.05) is 0 Å². The second kappa shape index (κ2) is 7.31. The lowest BCUT2D eigenvalue weighted by atomic mass is 9.43. The molecular weight excluding hydrogens is 332 g/mol. The Labute approximate surface area is 167 Å². The van der Waals surface area contributed by atoms with Gasteiger partial charge in [-0.1, -0.05) is 47.0 Å². The molecule has 5 unspecified atom stereocenters. The number of fused-ring (bicyclic) bond motifs is 5. The molecule has 0 aromatic rings. The molecule has 0 bridgehead atoms. The van der Waals surface area contributed by atoms with Gasteiger partial charge in [0.25, 0.3) is 0 Å². The summed E-state index contributed by atoms with van der Waals surface area (Å²) in [5.41, 5.74) is 0.809. The summed E-state index contributed by atoms with van der Waals surface area (Å²) < 4.78 is 0. The zero-order valence-corrected chi connectivity index (χ0v) is 18.3. The molecule has 2 nitrogen and oxygen atoms in total. The molecule has 0 radical (unpaired) electrons. The van der Waals surface area contributed by atoms with Crippen LogP contribution in [0.4, 0.5) is 0 Å². The summed E-state index contributed by atoms with van der Waals surface area (Å²) in [5, 5.41) is 21.5. The van der Waals surface area contributed by atoms with Gasteiger partial charge >= 0.3 is 0 Å². The van der Waals surface area contributed by atoms with E-state index in [9.17, 15) is 10.2 Å². The van der Waals surface area contributed by atoms with E-state index in [2.05, 4.69) is 27.7 Å². The van der Waals surface area contributed by atoms with Crippen molar-refractivity contribution in [2.24, 2.45) is 46.3 Å². The van der Waals surface area contributed by atoms with Gasteiger partial charge in [-0.25, -0.2) is 0 Å². The van der Waals surface area contributed by atoms with Crippen molar-refractivity contribution in [3.63, 3.8) is 0 Å². The third kappa shape index (κ3) is 3.12. The minimum absolute atomic E-state index is 0.129. The average molecular weight is 377 g/mol. The maximum Gasteiger partial charge on any atom is 0.0577 e. The maximum absolute atomic E-state index is 11.3. The molecule has 4 fully saturated rings. The highest BCUT2D eigenvalue weighted by Crippen LogP contribution is 2.68. The second-order valence-electron chi connectivity index (χ2n) is 11.6. The number of aliphatic hydroxyl groups is 2. The van der Waals surface area contributed by atoms with E-state index < -0.39 is 0 Å². The fourth-order valence-corrected chi connectivity index (χ4v) is 8.90. The molecule has 156 valence electrons. The summed E-state index contributed by atoms with van der Waals surface area (Å²) in [6, 6.07) is 0. The molecule has 0 spiro atoms. The first-order chi connectivity index (χ1) is 12.8. The minimum Gasteiger partial charge on any atom is -0.393 e. The van der Waals surface area contributed by atoms with Crippen molar-refractivity contribution < 1.29 is 10.2 Å². The molecule has 10 atom stereocenters. The van der Waals surface area contributed by atoms with Crippen LogP contribution in [0.1, 0.15) is 98.3 Å². The van der Waals surface area contributed by atoms with Crippen molar-refractivity contribution in [2.75, 3.05) is 0 Å². The smallest absolute Gasteiger partial charge is 0.0577 e. The van der Waals surface area contributed by atoms with Crippen LogP contribution in [0.5, 0.6) is 0 Å². The summed E-state index contributed by atoms with van der Waals surface area (Å²) in [5.74, 6) is 4.16. The monoisotopic (exact) mass is 376 g/mol. The Bertz CT molecular complexity index is 532. The average Bonchev–Trinajstić information content (AvgIpc) is 2.98. The lowest BCUT2D eigenvalue weighted by Crippen LogP contribution is -2.58. The van der Waals surface area contributed by atoms with Gasteiger partial charge in [0.05, 0.1) is 12.2 Å². The van der Waals surface area contributed by atoms with Gasteiger partial charge in [0.1, 0.15) is 0 Å². The molecule has 4 saturated carbocycles. The molecule has 2 N–H and O–H groups in total. The van der Waals surface area contributed by atoms with Gasteiger partial charge in [-0.05, 0) is 97.7 Å². The Balaban J connectivity index is 1.57. The largest absolute Gasteiger partial charge is 0.393 e. The third-order valence-corrected chi connectivity index (χ3v) is 10.4. The zero-order valence-electron chi connectivity index (χ0n) is 18.3. The fourth-order valence-electron chi connectivity index (χ4n) is 8.90. The first kappa shape index (κ1) is 20.2. The number of rotatable bonds is 4. The summed E-state index contributed by atoms with van der Waals surface area (Å²) in [7, 11) is 0. The predicted octanol–water partition coefficient (Wildman–Crippen LogP) is 5.80. The number of hydrogen-bond donors (Lipinski definition) is 2. The summed E-state index contributed by atoms with van der Waals surface area (Å²) in [6.45, 7) is 9.94. The Morgan fingerprint density at radius 1 is 0.926 bits per heavy atom.